The van der Waals surface area contributed by atoms with E-state index in [0.717, 1.165) is 30.7 Å². The maximum Gasteiger partial charge on any atom is 0.181 e. The summed E-state index contributed by atoms with van der Waals surface area (Å²) in [7, 11) is 0. The van der Waals surface area contributed by atoms with Crippen LogP contribution < -0.4 is 0 Å². The van der Waals surface area contributed by atoms with Crippen LogP contribution in [0.4, 0.5) is 0 Å². The molecule has 0 amide bonds. The molecule has 3 aromatic heterocycles. The van der Waals surface area contributed by atoms with E-state index < -0.39 is 0 Å². The van der Waals surface area contributed by atoms with Crippen LogP contribution in [0.1, 0.15) is 36.6 Å². The minimum absolute atomic E-state index is 0.967. The third-order valence-corrected chi connectivity index (χ3v) is 8.00. The summed E-state index contributed by atoms with van der Waals surface area (Å²) >= 11 is 6.88. The van der Waals surface area contributed by atoms with E-state index in [4.69, 9.17) is 0 Å². The first kappa shape index (κ1) is 15.8. The van der Waals surface area contributed by atoms with Crippen LogP contribution in [0.2, 0.25) is 0 Å². The molecule has 0 atom stereocenters. The van der Waals surface area contributed by atoms with Gasteiger partial charge in [-0.2, -0.15) is 0 Å². The van der Waals surface area contributed by atoms with Crippen LogP contribution in [0, 0.1) is 0 Å². The molecule has 4 rings (SSSR count). The van der Waals surface area contributed by atoms with Crippen molar-refractivity contribution in [1.82, 2.24) is 20.2 Å². The van der Waals surface area contributed by atoms with Crippen LogP contribution in [-0.2, 0) is 12.8 Å². The van der Waals surface area contributed by atoms with E-state index in [0.29, 0.717) is 0 Å². The second-order valence-corrected chi connectivity index (χ2v) is 10.1. The van der Waals surface area contributed by atoms with E-state index in [2.05, 4.69) is 27.1 Å². The number of fused-ring (bicyclic) bond motifs is 3. The highest BCUT2D eigenvalue weighted by Crippen LogP contribution is 2.41. The summed E-state index contributed by atoms with van der Waals surface area (Å²) in [6.45, 7) is 2.13. The number of nitrogens with zero attached hydrogens (tertiary/aromatic N) is 4. The first-order valence-electron chi connectivity index (χ1n) is 7.74. The summed E-state index contributed by atoms with van der Waals surface area (Å²) in [5.74, 6) is 1.02. The van der Waals surface area contributed by atoms with Crippen molar-refractivity contribution in [3.8, 4) is 0 Å². The van der Waals surface area contributed by atoms with Gasteiger partial charge in [0.2, 0.25) is 0 Å². The quantitative estimate of drug-likeness (QED) is 0.358. The standard InChI is InChI=1S/C15H16N4S4/c1-2-20-14-18-19-15(23-14)22-13-11-9-6-4-3-5-7-10(9)21-12(11)16-8-17-13/h8H,2-7H2,1H3. The van der Waals surface area contributed by atoms with Gasteiger partial charge in [-0.05, 0) is 48.8 Å². The van der Waals surface area contributed by atoms with Crippen LogP contribution >= 0.6 is 46.2 Å². The lowest BCUT2D eigenvalue weighted by Crippen LogP contribution is -1.89. The van der Waals surface area contributed by atoms with Crippen LogP contribution in [0.15, 0.2) is 20.0 Å². The van der Waals surface area contributed by atoms with Crippen molar-refractivity contribution in [2.45, 2.75) is 52.7 Å². The normalized spacial score (nSPS) is 14.8. The summed E-state index contributed by atoms with van der Waals surface area (Å²) < 4.78 is 2.00. The summed E-state index contributed by atoms with van der Waals surface area (Å²) in [6.07, 6.45) is 7.92. The average molecular weight is 381 g/mol. The van der Waals surface area contributed by atoms with Gasteiger partial charge < -0.3 is 0 Å². The van der Waals surface area contributed by atoms with Gasteiger partial charge in [-0.1, -0.05) is 36.4 Å². The molecule has 0 N–H and O–H groups in total. The van der Waals surface area contributed by atoms with Crippen molar-refractivity contribution in [1.29, 1.82) is 0 Å². The first-order valence-corrected chi connectivity index (χ1v) is 11.2. The summed E-state index contributed by atoms with van der Waals surface area (Å²) in [5, 5.41) is 10.9. The van der Waals surface area contributed by atoms with Crippen LogP contribution in [0.3, 0.4) is 0 Å². The topological polar surface area (TPSA) is 51.6 Å². The highest BCUT2D eigenvalue weighted by molar-refractivity contribution is 8.03. The number of thioether (sulfide) groups is 1. The molecule has 3 aromatic rings. The highest BCUT2D eigenvalue weighted by Gasteiger charge is 2.20. The fourth-order valence-electron chi connectivity index (χ4n) is 2.82. The molecule has 0 fully saturated rings. The molecule has 0 spiro atoms. The van der Waals surface area contributed by atoms with Gasteiger partial charge in [-0.3, -0.25) is 0 Å². The van der Waals surface area contributed by atoms with Gasteiger partial charge in [0.05, 0.1) is 0 Å². The van der Waals surface area contributed by atoms with Crippen molar-refractivity contribution in [2.24, 2.45) is 0 Å². The van der Waals surface area contributed by atoms with Crippen molar-refractivity contribution in [3.05, 3.63) is 16.8 Å². The summed E-state index contributed by atoms with van der Waals surface area (Å²) in [5.41, 5.74) is 1.48. The average Bonchev–Trinajstić information content (AvgIpc) is 3.06. The van der Waals surface area contributed by atoms with Gasteiger partial charge in [-0.25, -0.2) is 9.97 Å². The molecular weight excluding hydrogens is 364 g/mol. The molecule has 0 unspecified atom stereocenters. The van der Waals surface area contributed by atoms with E-state index in [1.807, 2.05) is 11.3 Å². The van der Waals surface area contributed by atoms with Gasteiger partial charge in [0.25, 0.3) is 0 Å². The van der Waals surface area contributed by atoms with Gasteiger partial charge in [0, 0.05) is 10.3 Å². The molecule has 0 aliphatic heterocycles. The molecule has 0 saturated carbocycles. The molecule has 23 heavy (non-hydrogen) atoms. The molecule has 0 saturated heterocycles. The Balaban J connectivity index is 1.72. The molecule has 120 valence electrons. The second kappa shape index (κ2) is 7.04. The van der Waals surface area contributed by atoms with E-state index in [-0.39, 0.29) is 0 Å². The monoisotopic (exact) mass is 380 g/mol. The zero-order valence-electron chi connectivity index (χ0n) is 12.7. The van der Waals surface area contributed by atoms with E-state index in [1.165, 1.54) is 41.5 Å². The Morgan fingerprint density at radius 1 is 1.04 bits per heavy atom. The van der Waals surface area contributed by atoms with Crippen molar-refractivity contribution in [3.63, 3.8) is 0 Å². The smallest absolute Gasteiger partial charge is 0.181 e. The Bertz CT molecular complexity index is 826. The van der Waals surface area contributed by atoms with Crippen molar-refractivity contribution < 1.29 is 0 Å². The maximum absolute atomic E-state index is 4.56. The lowest BCUT2D eigenvalue weighted by Gasteiger charge is -2.02. The number of aryl methyl sites for hydroxylation is 2. The minimum Gasteiger partial charge on any atom is -0.229 e. The molecule has 4 nitrogen and oxygen atoms in total. The van der Waals surface area contributed by atoms with Crippen molar-refractivity contribution >= 4 is 56.4 Å². The SMILES string of the molecule is CCSc1nnc(Sc2ncnc3sc4c(c23)CCCCC4)s1. The van der Waals surface area contributed by atoms with Crippen LogP contribution in [-0.4, -0.2) is 25.9 Å². The molecule has 1 aliphatic rings. The van der Waals surface area contributed by atoms with Gasteiger partial charge in [0.1, 0.15) is 16.2 Å². The van der Waals surface area contributed by atoms with Crippen LogP contribution in [0.25, 0.3) is 10.2 Å². The third-order valence-electron chi connectivity index (χ3n) is 3.81. The Morgan fingerprint density at radius 2 is 1.91 bits per heavy atom. The van der Waals surface area contributed by atoms with Crippen molar-refractivity contribution in [2.75, 3.05) is 5.75 Å². The number of hydrogen-bond donors (Lipinski definition) is 0. The minimum atomic E-state index is 0.967. The first-order chi connectivity index (χ1) is 11.3. The Labute approximate surface area is 151 Å². The molecule has 0 bridgehead atoms. The lowest BCUT2D eigenvalue weighted by molar-refractivity contribution is 0.713. The predicted molar refractivity (Wildman–Crippen MR) is 99.1 cm³/mol. The van der Waals surface area contributed by atoms with E-state index >= 15 is 0 Å². The number of hydrogen-bond acceptors (Lipinski definition) is 8. The van der Waals surface area contributed by atoms with Crippen LogP contribution in [0.5, 0.6) is 0 Å². The third kappa shape index (κ3) is 3.26. The molecular formula is C15H16N4S4. The molecule has 3 heterocycles. The van der Waals surface area contributed by atoms with Gasteiger partial charge >= 0.3 is 0 Å². The molecule has 1 aliphatic carbocycles. The number of aromatic nitrogens is 4. The maximum atomic E-state index is 4.56. The largest absolute Gasteiger partial charge is 0.229 e. The van der Waals surface area contributed by atoms with Gasteiger partial charge in [-0.15, -0.1) is 21.5 Å². The summed E-state index contributed by atoms with van der Waals surface area (Å²) in [6, 6.07) is 0. The Morgan fingerprint density at radius 3 is 2.83 bits per heavy atom. The molecule has 0 aromatic carbocycles. The van der Waals surface area contributed by atoms with E-state index in [1.54, 1.807) is 41.2 Å². The Kier molecular flexibility index (Phi) is 4.84. The molecule has 0 radical (unpaired) electrons. The highest BCUT2D eigenvalue weighted by atomic mass is 32.2. The second-order valence-electron chi connectivity index (χ2n) is 5.29. The summed E-state index contributed by atoms with van der Waals surface area (Å²) in [4.78, 5) is 11.7. The fourth-order valence-corrected chi connectivity index (χ4v) is 7.06. The predicted octanol–water partition coefficient (Wildman–Crippen LogP) is 5.07. The zero-order valence-corrected chi connectivity index (χ0v) is 16.0. The van der Waals surface area contributed by atoms with Gasteiger partial charge in [0.15, 0.2) is 8.68 Å². The number of thiophene rings is 1. The molecule has 8 heteroatoms. The zero-order chi connectivity index (χ0) is 15.6. The fraction of sp³-hybridized carbons (Fsp3) is 0.467. The van der Waals surface area contributed by atoms with E-state index in [9.17, 15) is 0 Å². The number of rotatable bonds is 4. The lowest BCUT2D eigenvalue weighted by atomic mass is 10.1. The Hall–Kier alpha value is -0.700.